The Morgan fingerprint density at radius 3 is 2.60 bits per heavy atom. The van der Waals surface area contributed by atoms with Gasteiger partial charge in [-0.05, 0) is 23.5 Å². The molecule has 0 saturated heterocycles. The van der Waals surface area contributed by atoms with E-state index in [1.807, 2.05) is 0 Å². The van der Waals surface area contributed by atoms with Crippen LogP contribution in [0.3, 0.4) is 0 Å². The van der Waals surface area contributed by atoms with E-state index in [9.17, 15) is 9.18 Å². The summed E-state index contributed by atoms with van der Waals surface area (Å²) in [5.41, 5.74) is 0.660. The van der Waals surface area contributed by atoms with Gasteiger partial charge in [0.25, 0.3) is 0 Å². The first kappa shape index (κ1) is 10.3. The minimum atomic E-state index is -0.274. The van der Waals surface area contributed by atoms with Gasteiger partial charge in [0.05, 0.1) is 0 Å². The van der Waals surface area contributed by atoms with Crippen LogP contribution >= 0.6 is 0 Å². The minimum absolute atomic E-state index is 0.136. The highest BCUT2D eigenvalue weighted by Gasteiger charge is 2.49. The maximum Gasteiger partial charge on any atom is 0.140 e. The van der Waals surface area contributed by atoms with Gasteiger partial charge in [0.1, 0.15) is 11.6 Å². The Labute approximate surface area is 89.3 Å². The molecule has 1 nitrogen and oxygen atoms in total. The molecule has 1 aromatic rings. The third-order valence-electron chi connectivity index (χ3n) is 3.22. The summed E-state index contributed by atoms with van der Waals surface area (Å²) >= 11 is 0. The molecule has 0 bridgehead atoms. The van der Waals surface area contributed by atoms with Gasteiger partial charge in [0.2, 0.25) is 0 Å². The Bertz CT molecular complexity index is 395. The fourth-order valence-corrected chi connectivity index (χ4v) is 1.97. The van der Waals surface area contributed by atoms with Gasteiger partial charge >= 0.3 is 0 Å². The van der Waals surface area contributed by atoms with E-state index >= 15 is 0 Å². The summed E-state index contributed by atoms with van der Waals surface area (Å²) < 4.78 is 13.3. The van der Waals surface area contributed by atoms with Crippen LogP contribution in [-0.2, 0) is 11.2 Å². The average molecular weight is 206 g/mol. The highest BCUT2D eigenvalue weighted by Crippen LogP contribution is 2.52. The third-order valence-corrected chi connectivity index (χ3v) is 3.22. The van der Waals surface area contributed by atoms with Crippen LogP contribution < -0.4 is 0 Å². The van der Waals surface area contributed by atoms with Gasteiger partial charge in [-0.15, -0.1) is 0 Å². The van der Waals surface area contributed by atoms with Gasteiger partial charge in [0.15, 0.2) is 0 Å². The smallest absolute Gasteiger partial charge is 0.140 e. The van der Waals surface area contributed by atoms with Crippen molar-refractivity contribution in [2.45, 2.75) is 26.7 Å². The second kappa shape index (κ2) is 3.44. The monoisotopic (exact) mass is 206 g/mol. The van der Waals surface area contributed by atoms with Crippen LogP contribution in [0.4, 0.5) is 4.39 Å². The van der Waals surface area contributed by atoms with Crippen molar-refractivity contribution in [3.8, 4) is 0 Å². The number of benzene rings is 1. The van der Waals surface area contributed by atoms with Crippen molar-refractivity contribution in [3.63, 3.8) is 0 Å². The lowest BCUT2D eigenvalue weighted by atomic mass is 10.0. The van der Waals surface area contributed by atoms with E-state index in [0.717, 1.165) is 6.42 Å². The molecule has 1 fully saturated rings. The molecule has 15 heavy (non-hydrogen) atoms. The molecule has 0 aliphatic heterocycles. The molecule has 0 heterocycles. The number of ketones is 1. The molecule has 0 amide bonds. The molecule has 1 aliphatic carbocycles. The molecule has 0 aromatic heterocycles. The van der Waals surface area contributed by atoms with Crippen molar-refractivity contribution in [1.29, 1.82) is 0 Å². The molecule has 0 radical (unpaired) electrons. The molecular formula is C13H15FO. The Morgan fingerprint density at radius 2 is 2.07 bits per heavy atom. The summed E-state index contributed by atoms with van der Waals surface area (Å²) in [5.74, 6) is 0.0338. The van der Waals surface area contributed by atoms with Crippen LogP contribution in [0.2, 0.25) is 0 Å². The first-order valence-electron chi connectivity index (χ1n) is 5.27. The van der Waals surface area contributed by atoms with Gasteiger partial charge in [-0.3, -0.25) is 4.79 Å². The summed E-state index contributed by atoms with van der Waals surface area (Å²) in [7, 11) is 0. The lowest BCUT2D eigenvalue weighted by Gasteiger charge is -2.04. The first-order valence-corrected chi connectivity index (χ1v) is 5.27. The van der Waals surface area contributed by atoms with Crippen molar-refractivity contribution >= 4 is 5.78 Å². The molecule has 0 spiro atoms. The largest absolute Gasteiger partial charge is 0.299 e. The zero-order valence-corrected chi connectivity index (χ0v) is 9.09. The van der Waals surface area contributed by atoms with Crippen LogP contribution in [0.25, 0.3) is 0 Å². The number of hydrogen-bond acceptors (Lipinski definition) is 1. The second-order valence-electron chi connectivity index (χ2n) is 4.98. The number of carbonyl (C=O) groups is 1. The van der Waals surface area contributed by atoms with E-state index in [0.29, 0.717) is 5.56 Å². The molecule has 1 aliphatic rings. The number of Topliss-reactive ketones (excluding diaryl/α,β-unsaturated/α-hetero) is 1. The summed E-state index contributed by atoms with van der Waals surface area (Å²) in [6, 6.07) is 6.50. The Hall–Kier alpha value is -1.18. The Morgan fingerprint density at radius 1 is 1.47 bits per heavy atom. The van der Waals surface area contributed by atoms with E-state index in [1.165, 1.54) is 6.07 Å². The van der Waals surface area contributed by atoms with Crippen molar-refractivity contribution in [3.05, 3.63) is 35.6 Å². The number of carbonyl (C=O) groups excluding carboxylic acids is 1. The molecular weight excluding hydrogens is 191 g/mol. The zero-order valence-electron chi connectivity index (χ0n) is 9.09. The standard InChI is InChI=1S/C13H15FO/c1-13(2)8-10(13)12(15)7-9-5-3-4-6-11(9)14/h3-6,10H,7-8H2,1-2H3. The molecule has 1 atom stereocenters. The normalized spacial score (nSPS) is 22.5. The van der Waals surface area contributed by atoms with Crippen LogP contribution in [-0.4, -0.2) is 5.78 Å². The Kier molecular flexibility index (Phi) is 2.37. The number of halogens is 1. The predicted octanol–water partition coefficient (Wildman–Crippen LogP) is 2.98. The van der Waals surface area contributed by atoms with Crippen molar-refractivity contribution in [1.82, 2.24) is 0 Å². The lowest BCUT2D eigenvalue weighted by Crippen LogP contribution is -2.10. The highest BCUT2D eigenvalue weighted by molar-refractivity contribution is 5.86. The maximum atomic E-state index is 13.3. The topological polar surface area (TPSA) is 17.1 Å². The van der Waals surface area contributed by atoms with Crippen LogP contribution in [0.1, 0.15) is 25.8 Å². The van der Waals surface area contributed by atoms with Crippen molar-refractivity contribution < 1.29 is 9.18 Å². The summed E-state index contributed by atoms with van der Waals surface area (Å²) in [6.45, 7) is 4.16. The first-order chi connectivity index (χ1) is 7.00. The van der Waals surface area contributed by atoms with E-state index < -0.39 is 0 Å². The number of rotatable bonds is 3. The summed E-state index contributed by atoms with van der Waals surface area (Å²) in [4.78, 5) is 11.8. The maximum absolute atomic E-state index is 13.3. The van der Waals surface area contributed by atoms with E-state index in [-0.39, 0.29) is 29.4 Å². The molecule has 1 aromatic carbocycles. The molecule has 80 valence electrons. The fourth-order valence-electron chi connectivity index (χ4n) is 1.97. The van der Waals surface area contributed by atoms with Gasteiger partial charge in [-0.1, -0.05) is 32.0 Å². The lowest BCUT2D eigenvalue weighted by molar-refractivity contribution is -0.120. The summed E-state index contributed by atoms with van der Waals surface area (Å²) in [6.07, 6.45) is 1.18. The minimum Gasteiger partial charge on any atom is -0.299 e. The van der Waals surface area contributed by atoms with E-state index in [4.69, 9.17) is 0 Å². The highest BCUT2D eigenvalue weighted by atomic mass is 19.1. The molecule has 2 rings (SSSR count). The zero-order chi connectivity index (χ0) is 11.1. The van der Waals surface area contributed by atoms with E-state index in [2.05, 4.69) is 13.8 Å². The third kappa shape index (κ3) is 2.09. The van der Waals surface area contributed by atoms with Crippen molar-refractivity contribution in [2.24, 2.45) is 11.3 Å². The average Bonchev–Trinajstić information content (AvgIpc) is 2.79. The summed E-state index contributed by atoms with van der Waals surface area (Å²) in [5, 5.41) is 0. The Balaban J connectivity index is 2.05. The van der Waals surface area contributed by atoms with Gasteiger partial charge in [-0.2, -0.15) is 0 Å². The SMILES string of the molecule is CC1(C)CC1C(=O)Cc1ccccc1F. The second-order valence-corrected chi connectivity index (χ2v) is 4.98. The number of hydrogen-bond donors (Lipinski definition) is 0. The quantitative estimate of drug-likeness (QED) is 0.743. The molecule has 1 saturated carbocycles. The van der Waals surface area contributed by atoms with Crippen molar-refractivity contribution in [2.75, 3.05) is 0 Å². The van der Waals surface area contributed by atoms with Gasteiger partial charge < -0.3 is 0 Å². The molecule has 0 N–H and O–H groups in total. The van der Waals surface area contributed by atoms with Gasteiger partial charge in [-0.25, -0.2) is 4.39 Å². The predicted molar refractivity (Wildman–Crippen MR) is 57.0 cm³/mol. The van der Waals surface area contributed by atoms with Gasteiger partial charge in [0, 0.05) is 12.3 Å². The fraction of sp³-hybridized carbons (Fsp3) is 0.462. The van der Waals surface area contributed by atoms with Crippen LogP contribution in [0, 0.1) is 17.2 Å². The van der Waals surface area contributed by atoms with E-state index in [1.54, 1.807) is 18.2 Å². The van der Waals surface area contributed by atoms with Crippen LogP contribution in [0.5, 0.6) is 0 Å². The molecule has 2 heteroatoms. The molecule has 1 unspecified atom stereocenters. The van der Waals surface area contributed by atoms with Crippen LogP contribution in [0.15, 0.2) is 24.3 Å².